The normalized spacial score (nSPS) is 30.8. The predicted octanol–water partition coefficient (Wildman–Crippen LogP) is 3.07. The van der Waals surface area contributed by atoms with E-state index in [0.29, 0.717) is 6.42 Å². The van der Waals surface area contributed by atoms with Crippen LogP contribution >= 0.6 is 11.8 Å². The van der Waals surface area contributed by atoms with Crippen LogP contribution in [0, 0.1) is 17.8 Å². The molecule has 3 atom stereocenters. The molecule has 2 aliphatic carbocycles. The molecule has 2 aliphatic rings. The maximum atomic E-state index is 11.5. The number of hydrogen-bond acceptors (Lipinski definition) is 2. The SMILES string of the molecule is CCSCCC(=O)NCCC1CC2CCC1C2. The maximum Gasteiger partial charge on any atom is 0.220 e. The van der Waals surface area contributed by atoms with E-state index in [0.717, 1.165) is 35.8 Å². The van der Waals surface area contributed by atoms with Gasteiger partial charge in [0.05, 0.1) is 0 Å². The zero-order chi connectivity index (χ0) is 12.1. The van der Waals surface area contributed by atoms with Gasteiger partial charge >= 0.3 is 0 Å². The second kappa shape index (κ2) is 6.67. The van der Waals surface area contributed by atoms with Gasteiger partial charge in [-0.05, 0) is 49.2 Å². The minimum atomic E-state index is 0.245. The third-order valence-corrected chi connectivity index (χ3v) is 5.30. The smallest absolute Gasteiger partial charge is 0.220 e. The molecule has 0 radical (unpaired) electrons. The van der Waals surface area contributed by atoms with Gasteiger partial charge in [-0.1, -0.05) is 13.3 Å². The molecule has 1 N–H and O–H groups in total. The third-order valence-electron chi connectivity index (χ3n) is 4.40. The largest absolute Gasteiger partial charge is 0.356 e. The van der Waals surface area contributed by atoms with Gasteiger partial charge in [-0.2, -0.15) is 11.8 Å². The molecule has 1 amide bonds. The molecule has 0 aromatic carbocycles. The molecule has 0 spiro atoms. The fourth-order valence-corrected chi connectivity index (χ4v) is 4.14. The first kappa shape index (κ1) is 13.3. The van der Waals surface area contributed by atoms with Crippen molar-refractivity contribution in [1.82, 2.24) is 5.32 Å². The van der Waals surface area contributed by atoms with Crippen LogP contribution < -0.4 is 5.32 Å². The Balaban J connectivity index is 1.52. The topological polar surface area (TPSA) is 29.1 Å². The van der Waals surface area contributed by atoms with E-state index in [4.69, 9.17) is 0 Å². The van der Waals surface area contributed by atoms with Crippen LogP contribution in [0.25, 0.3) is 0 Å². The Bertz CT molecular complexity index is 257. The van der Waals surface area contributed by atoms with Gasteiger partial charge in [-0.25, -0.2) is 0 Å². The van der Waals surface area contributed by atoms with Gasteiger partial charge in [0.15, 0.2) is 0 Å². The quantitative estimate of drug-likeness (QED) is 0.708. The Morgan fingerprint density at radius 1 is 1.35 bits per heavy atom. The van der Waals surface area contributed by atoms with Crippen molar-refractivity contribution in [2.45, 2.75) is 45.4 Å². The van der Waals surface area contributed by atoms with Crippen LogP contribution in [-0.2, 0) is 4.79 Å². The minimum absolute atomic E-state index is 0.245. The van der Waals surface area contributed by atoms with Crippen molar-refractivity contribution in [3.63, 3.8) is 0 Å². The van der Waals surface area contributed by atoms with Crippen molar-refractivity contribution in [3.05, 3.63) is 0 Å². The van der Waals surface area contributed by atoms with Crippen LogP contribution in [0.5, 0.6) is 0 Å². The van der Waals surface area contributed by atoms with Crippen LogP contribution in [0.4, 0.5) is 0 Å². The lowest BCUT2D eigenvalue weighted by molar-refractivity contribution is -0.120. The summed E-state index contributed by atoms with van der Waals surface area (Å²) in [4.78, 5) is 11.5. The number of rotatable bonds is 7. The Morgan fingerprint density at radius 3 is 2.88 bits per heavy atom. The van der Waals surface area contributed by atoms with Gasteiger partial charge in [-0.15, -0.1) is 0 Å². The standard InChI is InChI=1S/C14H25NOS/c1-2-17-8-6-14(16)15-7-5-13-10-11-3-4-12(13)9-11/h11-13H,2-10H2,1H3,(H,15,16). The molecule has 0 aromatic rings. The summed E-state index contributed by atoms with van der Waals surface area (Å²) in [6.07, 6.45) is 7.75. The van der Waals surface area contributed by atoms with Crippen LogP contribution in [0.2, 0.25) is 0 Å². The fraction of sp³-hybridized carbons (Fsp3) is 0.929. The zero-order valence-electron chi connectivity index (χ0n) is 10.9. The summed E-state index contributed by atoms with van der Waals surface area (Å²) >= 11 is 1.84. The summed E-state index contributed by atoms with van der Waals surface area (Å²) in [5.41, 5.74) is 0. The molecule has 2 saturated carbocycles. The third kappa shape index (κ3) is 3.90. The lowest BCUT2D eigenvalue weighted by atomic mass is 9.86. The van der Waals surface area contributed by atoms with E-state index >= 15 is 0 Å². The molecule has 0 aromatic heterocycles. The molecule has 3 unspecified atom stereocenters. The molecule has 2 fully saturated rings. The average Bonchev–Trinajstić information content (AvgIpc) is 2.91. The maximum absolute atomic E-state index is 11.5. The zero-order valence-corrected chi connectivity index (χ0v) is 11.7. The Kier molecular flexibility index (Phi) is 5.20. The van der Waals surface area contributed by atoms with Crippen molar-refractivity contribution < 1.29 is 4.79 Å². The minimum Gasteiger partial charge on any atom is -0.356 e. The number of nitrogens with one attached hydrogen (secondary N) is 1. The van der Waals surface area contributed by atoms with Crippen LogP contribution in [0.1, 0.15) is 45.4 Å². The van der Waals surface area contributed by atoms with Gasteiger partial charge in [0.1, 0.15) is 0 Å². The molecular formula is C14H25NOS. The van der Waals surface area contributed by atoms with E-state index in [1.165, 1.54) is 32.1 Å². The highest BCUT2D eigenvalue weighted by molar-refractivity contribution is 7.99. The molecule has 98 valence electrons. The molecule has 2 bridgehead atoms. The Morgan fingerprint density at radius 2 is 2.24 bits per heavy atom. The van der Waals surface area contributed by atoms with E-state index in [2.05, 4.69) is 12.2 Å². The van der Waals surface area contributed by atoms with Crippen molar-refractivity contribution >= 4 is 17.7 Å². The monoisotopic (exact) mass is 255 g/mol. The lowest BCUT2D eigenvalue weighted by Gasteiger charge is -2.21. The van der Waals surface area contributed by atoms with E-state index in [9.17, 15) is 4.79 Å². The lowest BCUT2D eigenvalue weighted by Crippen LogP contribution is -2.27. The molecule has 17 heavy (non-hydrogen) atoms. The van der Waals surface area contributed by atoms with Crippen molar-refractivity contribution in [3.8, 4) is 0 Å². The molecule has 2 rings (SSSR count). The summed E-state index contributed by atoms with van der Waals surface area (Å²) in [5, 5.41) is 3.08. The number of fused-ring (bicyclic) bond motifs is 2. The summed E-state index contributed by atoms with van der Waals surface area (Å²) in [6.45, 7) is 3.04. The van der Waals surface area contributed by atoms with Crippen LogP contribution in [0.15, 0.2) is 0 Å². The van der Waals surface area contributed by atoms with E-state index in [1.807, 2.05) is 11.8 Å². The summed E-state index contributed by atoms with van der Waals surface area (Å²) in [7, 11) is 0. The first-order chi connectivity index (χ1) is 8.29. The van der Waals surface area contributed by atoms with E-state index < -0.39 is 0 Å². The molecule has 0 heterocycles. The number of carbonyl (C=O) groups excluding carboxylic acids is 1. The van der Waals surface area contributed by atoms with E-state index in [1.54, 1.807) is 0 Å². The fourth-order valence-electron chi connectivity index (χ4n) is 3.52. The van der Waals surface area contributed by atoms with Gasteiger partial charge in [-0.3, -0.25) is 4.79 Å². The van der Waals surface area contributed by atoms with Gasteiger partial charge in [0.2, 0.25) is 5.91 Å². The van der Waals surface area contributed by atoms with Gasteiger partial charge in [0.25, 0.3) is 0 Å². The molecule has 0 saturated heterocycles. The molecule has 3 heteroatoms. The number of hydrogen-bond donors (Lipinski definition) is 1. The van der Waals surface area contributed by atoms with Crippen molar-refractivity contribution in [2.75, 3.05) is 18.1 Å². The Hall–Kier alpha value is -0.180. The van der Waals surface area contributed by atoms with Crippen molar-refractivity contribution in [1.29, 1.82) is 0 Å². The highest BCUT2D eigenvalue weighted by Crippen LogP contribution is 2.49. The summed E-state index contributed by atoms with van der Waals surface area (Å²) < 4.78 is 0. The molecular weight excluding hydrogens is 230 g/mol. The number of carbonyl (C=O) groups is 1. The van der Waals surface area contributed by atoms with Crippen molar-refractivity contribution in [2.24, 2.45) is 17.8 Å². The van der Waals surface area contributed by atoms with E-state index in [-0.39, 0.29) is 5.91 Å². The van der Waals surface area contributed by atoms with Gasteiger partial charge in [0, 0.05) is 18.7 Å². The molecule has 2 nitrogen and oxygen atoms in total. The summed E-state index contributed by atoms with van der Waals surface area (Å²) in [5.74, 6) is 5.26. The van der Waals surface area contributed by atoms with Crippen LogP contribution in [-0.4, -0.2) is 24.0 Å². The number of amides is 1. The second-order valence-electron chi connectivity index (χ2n) is 5.52. The first-order valence-corrected chi connectivity index (χ1v) is 8.29. The second-order valence-corrected chi connectivity index (χ2v) is 6.91. The highest BCUT2D eigenvalue weighted by Gasteiger charge is 2.38. The average molecular weight is 255 g/mol. The predicted molar refractivity (Wildman–Crippen MR) is 74.2 cm³/mol. The highest BCUT2D eigenvalue weighted by atomic mass is 32.2. The van der Waals surface area contributed by atoms with Crippen LogP contribution in [0.3, 0.4) is 0 Å². The van der Waals surface area contributed by atoms with Gasteiger partial charge < -0.3 is 5.32 Å². The summed E-state index contributed by atoms with van der Waals surface area (Å²) in [6, 6.07) is 0. The number of thioether (sulfide) groups is 1. The molecule has 0 aliphatic heterocycles. The first-order valence-electron chi connectivity index (χ1n) is 7.14. The Labute approximate surface area is 109 Å².